The Hall–Kier alpha value is -0.960. The zero-order valence-electron chi connectivity index (χ0n) is 12.2. The fourth-order valence-electron chi connectivity index (χ4n) is 2.63. The van der Waals surface area contributed by atoms with E-state index in [-0.39, 0.29) is 41.6 Å². The van der Waals surface area contributed by atoms with Crippen molar-refractivity contribution in [1.29, 1.82) is 0 Å². The van der Waals surface area contributed by atoms with E-state index < -0.39 is 0 Å². The fraction of sp³-hybridized carbons (Fsp3) is 0.500. The van der Waals surface area contributed by atoms with E-state index in [1.165, 1.54) is 11.3 Å². The van der Waals surface area contributed by atoms with Crippen LogP contribution in [0.3, 0.4) is 0 Å². The summed E-state index contributed by atoms with van der Waals surface area (Å²) in [4.78, 5) is 12.2. The topological polar surface area (TPSA) is 82.7 Å². The Kier molecular flexibility index (Phi) is 7.47. The molecule has 3 N–H and O–H groups in total. The van der Waals surface area contributed by atoms with Gasteiger partial charge in [-0.05, 0) is 12.1 Å². The van der Waals surface area contributed by atoms with Gasteiger partial charge in [0.2, 0.25) is 0 Å². The van der Waals surface area contributed by atoms with Crippen LogP contribution in [0, 0.1) is 0 Å². The predicted octanol–water partition coefficient (Wildman–Crippen LogP) is -3.18. The molecule has 8 heteroatoms. The minimum absolute atomic E-state index is 0. The van der Waals surface area contributed by atoms with Gasteiger partial charge in [-0.2, -0.15) is 0 Å². The highest BCUT2D eigenvalue weighted by Gasteiger charge is 2.28. The summed E-state index contributed by atoms with van der Waals surface area (Å²) in [6, 6.07) is 7.55. The number of aliphatic hydroxyl groups excluding tert-OH is 3. The first-order valence-electron chi connectivity index (χ1n) is 6.92. The van der Waals surface area contributed by atoms with E-state index in [2.05, 4.69) is 0 Å². The Morgan fingerprint density at radius 2 is 1.55 bits per heavy atom. The number of nitrogens with zero attached hydrogens (tertiary/aromatic N) is 2. The van der Waals surface area contributed by atoms with Crippen molar-refractivity contribution in [2.24, 2.45) is 0 Å². The van der Waals surface area contributed by atoms with Crippen LogP contribution in [-0.4, -0.2) is 63.8 Å². The van der Waals surface area contributed by atoms with Crippen molar-refractivity contribution < 1.29 is 32.2 Å². The lowest BCUT2D eigenvalue weighted by Crippen LogP contribution is -3.00. The van der Waals surface area contributed by atoms with E-state index in [0.29, 0.717) is 26.3 Å². The lowest BCUT2D eigenvalue weighted by Gasteiger charge is -2.37. The van der Waals surface area contributed by atoms with Crippen LogP contribution in [0.15, 0.2) is 29.1 Å². The summed E-state index contributed by atoms with van der Waals surface area (Å²) in [7, 11) is 0. The molecule has 22 heavy (non-hydrogen) atoms. The lowest BCUT2D eigenvalue weighted by atomic mass is 10.3. The Bertz CT molecular complexity index is 626. The van der Waals surface area contributed by atoms with Gasteiger partial charge in [0, 0.05) is 0 Å². The first-order valence-corrected chi connectivity index (χ1v) is 7.73. The number of benzene rings is 1. The van der Waals surface area contributed by atoms with E-state index in [1.807, 2.05) is 24.3 Å². The van der Waals surface area contributed by atoms with Gasteiger partial charge in [0.15, 0.2) is 6.67 Å². The normalized spacial score (nSPS) is 11.6. The van der Waals surface area contributed by atoms with E-state index in [1.54, 1.807) is 4.57 Å². The molecule has 2 aromatic rings. The SMILES string of the molecule is O=c1sc2ccccc2n1C[N+](CCO)(CCO)CCO.[Cl-]. The number of halogens is 1. The number of rotatable bonds is 8. The molecule has 0 saturated carbocycles. The zero-order valence-corrected chi connectivity index (χ0v) is 13.8. The third-order valence-electron chi connectivity index (χ3n) is 3.74. The van der Waals surface area contributed by atoms with E-state index in [9.17, 15) is 20.1 Å². The van der Waals surface area contributed by atoms with Gasteiger partial charge < -0.3 is 32.2 Å². The van der Waals surface area contributed by atoms with Crippen molar-refractivity contribution in [1.82, 2.24) is 4.57 Å². The third-order valence-corrected chi connectivity index (χ3v) is 4.70. The number of quaternary nitrogens is 1. The highest BCUT2D eigenvalue weighted by molar-refractivity contribution is 7.16. The Morgan fingerprint density at radius 1 is 1.00 bits per heavy atom. The van der Waals surface area contributed by atoms with E-state index >= 15 is 0 Å². The van der Waals surface area contributed by atoms with Gasteiger partial charge in [-0.1, -0.05) is 23.5 Å². The van der Waals surface area contributed by atoms with Crippen LogP contribution in [0.5, 0.6) is 0 Å². The molecule has 0 fully saturated rings. The minimum Gasteiger partial charge on any atom is -1.00 e. The standard InChI is InChI=1S/C14H21N2O4S.ClH/c17-8-5-16(6-9-18,7-10-19)11-15-12-3-1-2-4-13(12)21-14(15)20;/h1-4,17-19H,5-11H2;1H/q+1;/p-1. The first kappa shape index (κ1) is 19.1. The number of fused-ring (bicyclic) bond motifs is 1. The molecule has 0 radical (unpaired) electrons. The molecule has 1 aromatic carbocycles. The maximum Gasteiger partial charge on any atom is 0.312 e. The molecule has 0 aliphatic heterocycles. The predicted molar refractivity (Wildman–Crippen MR) is 82.2 cm³/mol. The molecule has 1 aromatic heterocycles. The largest absolute Gasteiger partial charge is 1.00 e. The van der Waals surface area contributed by atoms with Crippen LogP contribution in [0.1, 0.15) is 0 Å². The summed E-state index contributed by atoms with van der Waals surface area (Å²) >= 11 is 1.18. The van der Waals surface area contributed by atoms with E-state index in [0.717, 1.165) is 10.2 Å². The molecule has 0 aliphatic carbocycles. The molecule has 0 saturated heterocycles. The van der Waals surface area contributed by atoms with Crippen LogP contribution < -0.4 is 17.3 Å². The summed E-state index contributed by atoms with van der Waals surface area (Å²) in [5.74, 6) is 0. The maximum atomic E-state index is 12.2. The molecular formula is C14H21ClN2O4S. The molecular weight excluding hydrogens is 328 g/mol. The Balaban J connectivity index is 0.00000242. The maximum absolute atomic E-state index is 12.2. The van der Waals surface area contributed by atoms with Gasteiger partial charge in [0.05, 0.1) is 30.0 Å². The lowest BCUT2D eigenvalue weighted by molar-refractivity contribution is -0.949. The fourth-order valence-corrected chi connectivity index (χ4v) is 3.52. The van der Waals surface area contributed by atoms with Gasteiger partial charge >= 0.3 is 4.87 Å². The van der Waals surface area contributed by atoms with Crippen LogP contribution >= 0.6 is 11.3 Å². The van der Waals surface area contributed by atoms with E-state index in [4.69, 9.17) is 0 Å². The average molecular weight is 349 g/mol. The second-order valence-corrected chi connectivity index (χ2v) is 6.08. The first-order chi connectivity index (χ1) is 10.2. The second-order valence-electron chi connectivity index (χ2n) is 5.09. The summed E-state index contributed by atoms with van der Waals surface area (Å²) < 4.78 is 2.86. The summed E-state index contributed by atoms with van der Waals surface area (Å²) in [5, 5.41) is 27.9. The molecule has 0 spiro atoms. The second kappa shape index (κ2) is 8.61. The van der Waals surface area contributed by atoms with Gasteiger partial charge in [-0.15, -0.1) is 0 Å². The molecule has 6 nitrogen and oxygen atoms in total. The van der Waals surface area contributed by atoms with Crippen molar-refractivity contribution in [2.45, 2.75) is 6.67 Å². The zero-order chi connectivity index (χ0) is 15.3. The molecule has 0 unspecified atom stereocenters. The summed E-state index contributed by atoms with van der Waals surface area (Å²) in [6.07, 6.45) is 0. The van der Waals surface area contributed by atoms with Crippen molar-refractivity contribution in [2.75, 3.05) is 39.5 Å². The molecule has 124 valence electrons. The number of thiazole rings is 1. The van der Waals surface area contributed by atoms with Crippen molar-refractivity contribution in [3.05, 3.63) is 33.9 Å². The van der Waals surface area contributed by atoms with Gasteiger partial charge in [0.1, 0.15) is 19.6 Å². The highest BCUT2D eigenvalue weighted by Crippen LogP contribution is 2.19. The average Bonchev–Trinajstić information content (AvgIpc) is 2.76. The summed E-state index contributed by atoms with van der Waals surface area (Å²) in [6.45, 7) is 1.32. The smallest absolute Gasteiger partial charge is 0.312 e. The van der Waals surface area contributed by atoms with Crippen LogP contribution in [0.4, 0.5) is 0 Å². The molecule has 0 amide bonds. The monoisotopic (exact) mass is 348 g/mol. The van der Waals surface area contributed by atoms with Gasteiger partial charge in [0.25, 0.3) is 0 Å². The molecule has 2 rings (SSSR count). The van der Waals surface area contributed by atoms with Crippen LogP contribution in [0.2, 0.25) is 0 Å². The number of para-hydroxylation sites is 1. The van der Waals surface area contributed by atoms with Gasteiger partial charge in [-0.25, -0.2) is 0 Å². The number of hydrogen-bond donors (Lipinski definition) is 3. The molecule has 0 bridgehead atoms. The minimum atomic E-state index is -0.0625. The molecule has 0 aliphatic rings. The number of hydrogen-bond acceptors (Lipinski definition) is 5. The molecule has 1 heterocycles. The van der Waals surface area contributed by atoms with Crippen molar-refractivity contribution in [3.8, 4) is 0 Å². The van der Waals surface area contributed by atoms with Crippen LogP contribution in [0.25, 0.3) is 10.2 Å². The van der Waals surface area contributed by atoms with Crippen molar-refractivity contribution >= 4 is 21.6 Å². The van der Waals surface area contributed by atoms with Crippen LogP contribution in [-0.2, 0) is 6.67 Å². The Labute approximate surface area is 138 Å². The highest BCUT2D eigenvalue weighted by atomic mass is 35.5. The van der Waals surface area contributed by atoms with Crippen molar-refractivity contribution in [3.63, 3.8) is 0 Å². The number of aliphatic hydroxyl groups is 3. The summed E-state index contributed by atoms with van der Waals surface area (Å²) in [5.41, 5.74) is 0.851. The third kappa shape index (κ3) is 4.07. The number of aromatic nitrogens is 1. The molecule has 0 atom stereocenters. The Morgan fingerprint density at radius 3 is 2.09 bits per heavy atom. The quantitative estimate of drug-likeness (QED) is 0.439. The van der Waals surface area contributed by atoms with Gasteiger partial charge in [-0.3, -0.25) is 9.36 Å².